The van der Waals surface area contributed by atoms with Crippen LogP contribution < -0.4 is 0 Å². The Kier molecular flexibility index (Phi) is 3.97. The summed E-state index contributed by atoms with van der Waals surface area (Å²) in [6.45, 7) is 0. The number of hydrogen-bond donors (Lipinski definition) is 2. The molecule has 82 valence electrons. The minimum atomic E-state index is -0.587. The van der Waals surface area contributed by atoms with E-state index in [1.165, 1.54) is 5.56 Å². The Morgan fingerprint density at radius 1 is 0.933 bits per heavy atom. The van der Waals surface area contributed by atoms with Crippen molar-refractivity contribution in [2.24, 2.45) is 0 Å². The summed E-state index contributed by atoms with van der Waals surface area (Å²) < 4.78 is 0.331. The van der Waals surface area contributed by atoms with E-state index in [0.29, 0.717) is 16.1 Å². The monoisotopic (exact) mass is 242 g/mol. The van der Waals surface area contributed by atoms with Crippen molar-refractivity contribution < 1.29 is 10.2 Å². The average Bonchev–Trinajstić information content (AvgIpc) is 2.44. The van der Waals surface area contributed by atoms with Gasteiger partial charge in [-0.15, -0.1) is 23.5 Å². The third-order valence-corrected chi connectivity index (χ3v) is 5.39. The predicted molar refractivity (Wildman–Crippen MR) is 66.1 cm³/mol. The Labute approximate surface area is 98.1 Å². The van der Waals surface area contributed by atoms with Crippen LogP contribution in [0, 0.1) is 0 Å². The SMILES string of the molecule is O[C@H]1CSC(c2ccccc2)SC[C@@H]1O. The van der Waals surface area contributed by atoms with Crippen LogP contribution in [0.5, 0.6) is 0 Å². The van der Waals surface area contributed by atoms with Crippen LogP contribution in [0.3, 0.4) is 0 Å². The molecule has 1 aromatic carbocycles. The number of benzene rings is 1. The fourth-order valence-corrected chi connectivity index (χ4v) is 4.19. The largest absolute Gasteiger partial charge is 0.390 e. The minimum Gasteiger partial charge on any atom is -0.390 e. The van der Waals surface area contributed by atoms with Gasteiger partial charge in [-0.25, -0.2) is 0 Å². The molecule has 4 heteroatoms. The van der Waals surface area contributed by atoms with Gasteiger partial charge in [-0.3, -0.25) is 0 Å². The molecule has 2 atom stereocenters. The zero-order chi connectivity index (χ0) is 10.7. The molecule has 2 N–H and O–H groups in total. The van der Waals surface area contributed by atoms with Gasteiger partial charge in [0.15, 0.2) is 0 Å². The number of rotatable bonds is 1. The molecule has 2 rings (SSSR count). The first-order chi connectivity index (χ1) is 7.27. The summed E-state index contributed by atoms with van der Waals surface area (Å²) in [5, 5.41) is 19.1. The van der Waals surface area contributed by atoms with Crippen molar-refractivity contribution in [3.05, 3.63) is 35.9 Å². The van der Waals surface area contributed by atoms with E-state index in [1.54, 1.807) is 23.5 Å². The summed E-state index contributed by atoms with van der Waals surface area (Å²) >= 11 is 3.40. The van der Waals surface area contributed by atoms with Crippen LogP contribution in [-0.2, 0) is 0 Å². The Balaban J connectivity index is 2.06. The number of aliphatic hydroxyl groups excluding tert-OH is 2. The quantitative estimate of drug-likeness (QED) is 0.789. The maximum Gasteiger partial charge on any atom is 0.0897 e. The zero-order valence-corrected chi connectivity index (χ0v) is 9.88. The van der Waals surface area contributed by atoms with E-state index in [2.05, 4.69) is 12.1 Å². The van der Waals surface area contributed by atoms with Crippen molar-refractivity contribution in [2.75, 3.05) is 11.5 Å². The van der Waals surface area contributed by atoms with Crippen molar-refractivity contribution in [3.63, 3.8) is 0 Å². The second-order valence-corrected chi connectivity index (χ2v) is 6.12. The molecule has 1 aliphatic rings. The van der Waals surface area contributed by atoms with Crippen molar-refractivity contribution >= 4 is 23.5 Å². The Bertz CT molecular complexity index is 293. The average molecular weight is 242 g/mol. The molecule has 1 aromatic rings. The summed E-state index contributed by atoms with van der Waals surface area (Å²) in [4.78, 5) is 0. The highest BCUT2D eigenvalue weighted by Crippen LogP contribution is 2.42. The Hall–Kier alpha value is -0.160. The molecule has 0 unspecified atom stereocenters. The van der Waals surface area contributed by atoms with Crippen LogP contribution in [0.4, 0.5) is 0 Å². The van der Waals surface area contributed by atoms with Gasteiger partial charge in [0.2, 0.25) is 0 Å². The molecule has 2 nitrogen and oxygen atoms in total. The highest BCUT2D eigenvalue weighted by Gasteiger charge is 2.25. The summed E-state index contributed by atoms with van der Waals surface area (Å²) in [6.07, 6.45) is -1.17. The van der Waals surface area contributed by atoms with Crippen LogP contribution in [-0.4, -0.2) is 33.9 Å². The topological polar surface area (TPSA) is 40.5 Å². The van der Waals surface area contributed by atoms with E-state index in [-0.39, 0.29) is 0 Å². The molecule has 1 aliphatic heterocycles. The summed E-state index contributed by atoms with van der Waals surface area (Å²) in [5.74, 6) is 1.21. The maximum absolute atomic E-state index is 9.54. The molecule has 1 fully saturated rings. The van der Waals surface area contributed by atoms with E-state index in [0.717, 1.165) is 0 Å². The van der Waals surface area contributed by atoms with E-state index in [1.807, 2.05) is 18.2 Å². The minimum absolute atomic E-state index is 0.331. The van der Waals surface area contributed by atoms with Gasteiger partial charge in [-0.1, -0.05) is 30.3 Å². The van der Waals surface area contributed by atoms with E-state index in [4.69, 9.17) is 0 Å². The number of aliphatic hydroxyl groups is 2. The first-order valence-corrected chi connectivity index (χ1v) is 7.01. The molecule has 0 saturated carbocycles. The summed E-state index contributed by atoms with van der Waals surface area (Å²) in [7, 11) is 0. The summed E-state index contributed by atoms with van der Waals surface area (Å²) in [5.41, 5.74) is 1.26. The van der Waals surface area contributed by atoms with Gasteiger partial charge in [-0.05, 0) is 5.56 Å². The molecular weight excluding hydrogens is 228 g/mol. The van der Waals surface area contributed by atoms with Crippen molar-refractivity contribution in [3.8, 4) is 0 Å². The highest BCUT2D eigenvalue weighted by molar-refractivity contribution is 8.16. The fourth-order valence-electron chi connectivity index (χ4n) is 1.44. The molecule has 0 bridgehead atoms. The Morgan fingerprint density at radius 2 is 1.47 bits per heavy atom. The van der Waals surface area contributed by atoms with Gasteiger partial charge in [0.1, 0.15) is 0 Å². The van der Waals surface area contributed by atoms with Crippen LogP contribution >= 0.6 is 23.5 Å². The van der Waals surface area contributed by atoms with Gasteiger partial charge < -0.3 is 10.2 Å². The number of hydrogen-bond acceptors (Lipinski definition) is 4. The van der Waals surface area contributed by atoms with Crippen LogP contribution in [0.15, 0.2) is 30.3 Å². The highest BCUT2D eigenvalue weighted by atomic mass is 32.2. The smallest absolute Gasteiger partial charge is 0.0897 e. The maximum atomic E-state index is 9.54. The van der Waals surface area contributed by atoms with Gasteiger partial charge in [0.05, 0.1) is 16.8 Å². The second-order valence-electron chi connectivity index (χ2n) is 3.54. The van der Waals surface area contributed by atoms with Gasteiger partial charge in [0, 0.05) is 11.5 Å². The van der Waals surface area contributed by atoms with Crippen molar-refractivity contribution in [1.82, 2.24) is 0 Å². The van der Waals surface area contributed by atoms with Crippen LogP contribution in [0.1, 0.15) is 10.1 Å². The lowest BCUT2D eigenvalue weighted by Gasteiger charge is -2.12. The number of thioether (sulfide) groups is 2. The predicted octanol–water partition coefficient (Wildman–Crippen LogP) is 1.89. The van der Waals surface area contributed by atoms with E-state index >= 15 is 0 Å². The van der Waals surface area contributed by atoms with E-state index < -0.39 is 12.2 Å². The molecule has 0 aromatic heterocycles. The zero-order valence-electron chi connectivity index (χ0n) is 8.24. The molecule has 0 spiro atoms. The molecule has 1 saturated heterocycles. The first kappa shape index (κ1) is 11.3. The lowest BCUT2D eigenvalue weighted by atomic mass is 10.2. The van der Waals surface area contributed by atoms with Gasteiger partial charge in [-0.2, -0.15) is 0 Å². The van der Waals surface area contributed by atoms with E-state index in [9.17, 15) is 10.2 Å². The van der Waals surface area contributed by atoms with Gasteiger partial charge >= 0.3 is 0 Å². The fraction of sp³-hybridized carbons (Fsp3) is 0.455. The molecule has 0 amide bonds. The second kappa shape index (κ2) is 5.25. The molecule has 1 heterocycles. The lowest BCUT2D eigenvalue weighted by Crippen LogP contribution is -2.28. The summed E-state index contributed by atoms with van der Waals surface area (Å²) in [6, 6.07) is 10.2. The standard InChI is InChI=1S/C11H14O2S2/c12-9-6-14-11(15-7-10(9)13)8-4-2-1-3-5-8/h1-5,9-13H,6-7H2/t9-,10-/m0/s1. The molecule has 0 radical (unpaired) electrons. The molecule has 0 aliphatic carbocycles. The normalized spacial score (nSPS) is 28.7. The Morgan fingerprint density at radius 3 is 2.00 bits per heavy atom. The van der Waals surface area contributed by atoms with Crippen LogP contribution in [0.25, 0.3) is 0 Å². The third kappa shape index (κ3) is 2.91. The third-order valence-electron chi connectivity index (χ3n) is 2.35. The van der Waals surface area contributed by atoms with Gasteiger partial charge in [0.25, 0.3) is 0 Å². The molecule has 15 heavy (non-hydrogen) atoms. The van der Waals surface area contributed by atoms with Crippen molar-refractivity contribution in [2.45, 2.75) is 16.8 Å². The van der Waals surface area contributed by atoms with Crippen LogP contribution in [0.2, 0.25) is 0 Å². The van der Waals surface area contributed by atoms with Crippen molar-refractivity contribution in [1.29, 1.82) is 0 Å². The molecular formula is C11H14O2S2. The first-order valence-electron chi connectivity index (χ1n) is 4.91. The lowest BCUT2D eigenvalue weighted by molar-refractivity contribution is 0.0504.